The number of halogens is 2. The van der Waals surface area contributed by atoms with Crippen LogP contribution in [0, 0.1) is 0 Å². The number of nitrogens with zero attached hydrogens (tertiary/aromatic N) is 2. The first-order valence-electron chi connectivity index (χ1n) is 13.9. The highest BCUT2D eigenvalue weighted by Crippen LogP contribution is 2.38. The third-order valence-corrected chi connectivity index (χ3v) is 8.72. The molecule has 5 aromatic rings. The summed E-state index contributed by atoms with van der Waals surface area (Å²) >= 11 is 13.6. The molecule has 3 aromatic carbocycles. The van der Waals surface area contributed by atoms with E-state index < -0.39 is 12.0 Å². The Bertz CT molecular complexity index is 2130. The Kier molecular flexibility index (Phi) is 8.67. The quantitative estimate of drug-likeness (QED) is 0.176. The third kappa shape index (κ3) is 5.82. The Morgan fingerprint density at radius 2 is 1.78 bits per heavy atom. The van der Waals surface area contributed by atoms with Crippen LogP contribution < -0.4 is 24.4 Å². The molecule has 0 fully saturated rings. The molecule has 0 unspecified atom stereocenters. The Hall–Kier alpha value is -4.57. The van der Waals surface area contributed by atoms with Crippen molar-refractivity contribution in [3.8, 4) is 22.8 Å². The van der Waals surface area contributed by atoms with E-state index in [4.69, 9.17) is 46.8 Å². The van der Waals surface area contributed by atoms with Crippen LogP contribution in [0.2, 0.25) is 10.0 Å². The van der Waals surface area contributed by atoms with Crippen molar-refractivity contribution in [1.29, 1.82) is 0 Å². The molecule has 2 aromatic heterocycles. The summed E-state index contributed by atoms with van der Waals surface area (Å²) in [5.74, 6) is 1.34. The van der Waals surface area contributed by atoms with Gasteiger partial charge in [-0.15, -0.1) is 0 Å². The van der Waals surface area contributed by atoms with E-state index in [1.807, 2.05) is 30.3 Å². The molecular weight excluding hydrogens is 635 g/mol. The number of hydrogen-bond donors (Lipinski definition) is 0. The van der Waals surface area contributed by atoms with E-state index in [2.05, 4.69) is 0 Å². The maximum absolute atomic E-state index is 14.2. The van der Waals surface area contributed by atoms with Crippen LogP contribution in [0.25, 0.3) is 23.1 Å². The number of hydrogen-bond acceptors (Lipinski definition) is 8. The topological polar surface area (TPSA) is 92.3 Å². The lowest BCUT2D eigenvalue weighted by atomic mass is 9.93. The molecule has 11 heteroatoms. The Morgan fingerprint density at radius 3 is 2.49 bits per heavy atom. The van der Waals surface area contributed by atoms with Gasteiger partial charge in [0.1, 0.15) is 11.5 Å². The van der Waals surface area contributed by atoms with Gasteiger partial charge in [-0.2, -0.15) is 0 Å². The van der Waals surface area contributed by atoms with E-state index in [-0.39, 0.29) is 17.7 Å². The normalized spacial score (nSPS) is 14.6. The molecule has 0 radical (unpaired) electrons. The minimum Gasteiger partial charge on any atom is -0.493 e. The van der Waals surface area contributed by atoms with Crippen molar-refractivity contribution < 1.29 is 23.4 Å². The SMILES string of the molecule is CCOC(=O)C1=C(c2ccccc2)N=c2s/c(=C\c3ccc(-c4ccc(Cl)cc4Cl)o3)c(=O)n2[C@H]1c1ccc(OC)c(OC)c1. The summed E-state index contributed by atoms with van der Waals surface area (Å²) in [6.45, 7) is 1.88. The largest absolute Gasteiger partial charge is 0.493 e. The second kappa shape index (κ2) is 12.8. The first-order valence-corrected chi connectivity index (χ1v) is 15.5. The first kappa shape index (κ1) is 30.5. The number of carbonyl (C=O) groups is 1. The van der Waals surface area contributed by atoms with Crippen molar-refractivity contribution in [2.75, 3.05) is 20.8 Å². The summed E-state index contributed by atoms with van der Waals surface area (Å²) in [6, 6.07) is 22.4. The van der Waals surface area contributed by atoms with Crippen molar-refractivity contribution in [3.63, 3.8) is 0 Å². The molecule has 1 atom stereocenters. The molecule has 3 heterocycles. The summed E-state index contributed by atoms with van der Waals surface area (Å²) < 4.78 is 24.5. The summed E-state index contributed by atoms with van der Waals surface area (Å²) in [5.41, 5.74) is 2.28. The van der Waals surface area contributed by atoms with Gasteiger partial charge in [0.2, 0.25) is 0 Å². The van der Waals surface area contributed by atoms with Gasteiger partial charge in [0.15, 0.2) is 16.3 Å². The summed E-state index contributed by atoms with van der Waals surface area (Å²) in [5, 5.41) is 0.954. The lowest BCUT2D eigenvalue weighted by Crippen LogP contribution is -2.40. The fraction of sp³-hybridized carbons (Fsp3) is 0.147. The Labute approximate surface area is 272 Å². The van der Waals surface area contributed by atoms with Crippen LogP contribution in [0.15, 0.2) is 98.6 Å². The number of rotatable bonds is 8. The van der Waals surface area contributed by atoms with Crippen LogP contribution in [-0.2, 0) is 9.53 Å². The summed E-state index contributed by atoms with van der Waals surface area (Å²) in [4.78, 5) is 33.2. The third-order valence-electron chi connectivity index (χ3n) is 7.19. The maximum atomic E-state index is 14.2. The molecule has 1 aliphatic heterocycles. The average Bonchev–Trinajstić information content (AvgIpc) is 3.64. The van der Waals surface area contributed by atoms with Gasteiger partial charge in [0, 0.05) is 22.2 Å². The lowest BCUT2D eigenvalue weighted by molar-refractivity contribution is -0.138. The molecule has 0 bridgehead atoms. The fourth-order valence-electron chi connectivity index (χ4n) is 5.17. The van der Waals surface area contributed by atoms with Crippen molar-refractivity contribution >= 4 is 52.3 Å². The van der Waals surface area contributed by atoms with Gasteiger partial charge in [0.25, 0.3) is 5.56 Å². The number of ether oxygens (including phenoxy) is 3. The molecule has 45 heavy (non-hydrogen) atoms. The van der Waals surface area contributed by atoms with Gasteiger partial charge in [-0.1, -0.05) is 70.9 Å². The van der Waals surface area contributed by atoms with Gasteiger partial charge < -0.3 is 18.6 Å². The van der Waals surface area contributed by atoms with Crippen LogP contribution in [0.1, 0.15) is 29.9 Å². The first-order chi connectivity index (χ1) is 21.8. The predicted octanol–water partition coefficient (Wildman–Crippen LogP) is 6.52. The van der Waals surface area contributed by atoms with E-state index in [1.54, 1.807) is 68.6 Å². The zero-order valence-corrected chi connectivity index (χ0v) is 26.7. The number of furan rings is 1. The monoisotopic (exact) mass is 660 g/mol. The molecule has 0 saturated heterocycles. The van der Waals surface area contributed by atoms with Crippen molar-refractivity contribution in [1.82, 2.24) is 4.57 Å². The number of fused-ring (bicyclic) bond motifs is 1. The molecular formula is C34H26Cl2N2O6S. The van der Waals surface area contributed by atoms with E-state index in [0.29, 0.717) is 64.8 Å². The van der Waals surface area contributed by atoms with E-state index in [9.17, 15) is 9.59 Å². The highest BCUT2D eigenvalue weighted by atomic mass is 35.5. The van der Waals surface area contributed by atoms with Gasteiger partial charge in [-0.25, -0.2) is 9.79 Å². The molecule has 0 spiro atoms. The summed E-state index contributed by atoms with van der Waals surface area (Å²) in [7, 11) is 3.07. The minimum atomic E-state index is -0.877. The molecule has 1 aliphatic rings. The zero-order valence-electron chi connectivity index (χ0n) is 24.4. The maximum Gasteiger partial charge on any atom is 0.338 e. The highest BCUT2D eigenvalue weighted by molar-refractivity contribution is 7.07. The molecule has 0 N–H and O–H groups in total. The van der Waals surface area contributed by atoms with Crippen LogP contribution in [0.5, 0.6) is 11.5 Å². The Morgan fingerprint density at radius 1 is 1.00 bits per heavy atom. The lowest BCUT2D eigenvalue weighted by Gasteiger charge is -2.26. The molecule has 0 amide bonds. The smallest absolute Gasteiger partial charge is 0.338 e. The second-order valence-electron chi connectivity index (χ2n) is 9.87. The zero-order chi connectivity index (χ0) is 31.7. The van der Waals surface area contributed by atoms with E-state index >= 15 is 0 Å². The van der Waals surface area contributed by atoms with Gasteiger partial charge in [-0.3, -0.25) is 9.36 Å². The number of benzene rings is 3. The van der Waals surface area contributed by atoms with Crippen molar-refractivity contribution in [2.24, 2.45) is 4.99 Å². The number of thiazole rings is 1. The number of aromatic nitrogens is 1. The van der Waals surface area contributed by atoms with Crippen molar-refractivity contribution in [3.05, 3.63) is 131 Å². The van der Waals surface area contributed by atoms with Crippen LogP contribution >= 0.6 is 34.5 Å². The van der Waals surface area contributed by atoms with E-state index in [0.717, 1.165) is 0 Å². The van der Waals surface area contributed by atoms with Gasteiger partial charge in [-0.05, 0) is 55.0 Å². The van der Waals surface area contributed by atoms with Crippen LogP contribution in [-0.4, -0.2) is 31.4 Å². The standard InChI is InChI=1S/C34H26Cl2N2O6S/c1-4-43-33(40)29-30(19-8-6-5-7-9-19)37-34-38(31(29)20-10-14-26(41-2)27(16-20)42-3)32(39)28(45-34)18-22-12-15-25(44-22)23-13-11-21(35)17-24(23)36/h5-18,31H,4H2,1-3H3/b28-18-/t31-/m0/s1. The number of carbonyl (C=O) groups excluding carboxylic acids is 1. The fourth-order valence-corrected chi connectivity index (χ4v) is 6.66. The van der Waals surface area contributed by atoms with Gasteiger partial charge >= 0.3 is 5.97 Å². The molecule has 8 nitrogen and oxygen atoms in total. The van der Waals surface area contributed by atoms with Crippen LogP contribution in [0.3, 0.4) is 0 Å². The minimum absolute atomic E-state index is 0.145. The van der Waals surface area contributed by atoms with E-state index in [1.165, 1.54) is 23.0 Å². The van der Waals surface area contributed by atoms with Gasteiger partial charge in [0.05, 0.1) is 47.7 Å². The predicted molar refractivity (Wildman–Crippen MR) is 175 cm³/mol. The van der Waals surface area contributed by atoms with Crippen LogP contribution in [0.4, 0.5) is 0 Å². The highest BCUT2D eigenvalue weighted by Gasteiger charge is 2.35. The Balaban J connectivity index is 1.58. The summed E-state index contributed by atoms with van der Waals surface area (Å²) in [6.07, 6.45) is 1.65. The second-order valence-corrected chi connectivity index (χ2v) is 11.7. The molecule has 6 rings (SSSR count). The molecule has 228 valence electrons. The average molecular weight is 662 g/mol. The van der Waals surface area contributed by atoms with Crippen molar-refractivity contribution in [2.45, 2.75) is 13.0 Å². The molecule has 0 aliphatic carbocycles. The molecule has 0 saturated carbocycles. The number of esters is 1. The number of methoxy groups -OCH3 is 2.